The van der Waals surface area contributed by atoms with Crippen molar-refractivity contribution < 1.29 is 37.1 Å². The lowest BCUT2D eigenvalue weighted by Gasteiger charge is -2.36. The molecule has 3 aromatic rings. The van der Waals surface area contributed by atoms with E-state index in [1.807, 2.05) is 75.4 Å². The van der Waals surface area contributed by atoms with Crippen LogP contribution in [0.25, 0.3) is 6.08 Å². The van der Waals surface area contributed by atoms with Crippen LogP contribution in [-0.4, -0.2) is 52.8 Å². The predicted molar refractivity (Wildman–Crippen MR) is 190 cm³/mol. The molecule has 2 N–H and O–H groups in total. The van der Waals surface area contributed by atoms with Crippen molar-refractivity contribution in [2.24, 2.45) is 5.41 Å². The lowest BCUT2D eigenvalue weighted by Crippen LogP contribution is -2.57. The molecule has 1 aliphatic rings. The monoisotopic (exact) mass is 793 g/mol. The molecule has 4 rings (SSSR count). The molecule has 0 aliphatic carbocycles. The molecule has 0 spiro atoms. The highest BCUT2D eigenvalue weighted by molar-refractivity contribution is 14.1. The number of carbonyl (C=O) groups excluding carboxylic acids is 3. The van der Waals surface area contributed by atoms with Crippen LogP contribution in [0.4, 0.5) is 20.2 Å². The Labute approximate surface area is 293 Å². The first-order chi connectivity index (χ1) is 22.6. The summed E-state index contributed by atoms with van der Waals surface area (Å²) in [6, 6.07) is 19.6. The van der Waals surface area contributed by atoms with Gasteiger partial charge >= 0.3 is 13.3 Å². The van der Waals surface area contributed by atoms with Gasteiger partial charge in [-0.15, -0.1) is 0 Å². The summed E-state index contributed by atoms with van der Waals surface area (Å²) in [6.07, 6.45) is 3.64. The van der Waals surface area contributed by atoms with Crippen LogP contribution in [0.5, 0.6) is 0 Å². The van der Waals surface area contributed by atoms with Gasteiger partial charge in [0.25, 0.3) is 5.91 Å². The summed E-state index contributed by atoms with van der Waals surface area (Å²) in [5.41, 5.74) is -3.83. The van der Waals surface area contributed by atoms with Gasteiger partial charge < -0.3 is 19.6 Å². The first kappa shape index (κ1) is 37.4. The van der Waals surface area contributed by atoms with E-state index in [9.17, 15) is 32.6 Å². The Bertz CT molecular complexity index is 1680. The number of rotatable bonds is 11. The molecule has 3 amide bonds. The number of anilines is 2. The van der Waals surface area contributed by atoms with E-state index in [1.54, 1.807) is 9.80 Å². The molecule has 0 bridgehead atoms. The van der Waals surface area contributed by atoms with Crippen LogP contribution in [0.15, 0.2) is 84.9 Å². The van der Waals surface area contributed by atoms with Crippen molar-refractivity contribution in [1.82, 2.24) is 10.2 Å². The van der Waals surface area contributed by atoms with Gasteiger partial charge in [-0.1, -0.05) is 63.2 Å². The molecule has 1 heterocycles. The minimum atomic E-state index is -5.24. The number of alkyl halides is 2. The maximum Gasteiger partial charge on any atom is 0.401 e. The van der Waals surface area contributed by atoms with E-state index in [0.29, 0.717) is 36.3 Å². The van der Waals surface area contributed by atoms with Crippen molar-refractivity contribution in [2.45, 2.75) is 58.3 Å². The third-order valence-electron chi connectivity index (χ3n) is 7.88. The normalized spacial score (nSPS) is 17.2. The Hall–Kier alpha value is -3.45. The summed E-state index contributed by atoms with van der Waals surface area (Å²) in [5.74, 6) is -1.23. The number of halogens is 3. The zero-order chi connectivity index (χ0) is 35.3. The molecule has 0 saturated carbocycles. The molecule has 3 atom stereocenters. The van der Waals surface area contributed by atoms with E-state index in [4.69, 9.17) is 0 Å². The van der Waals surface area contributed by atoms with E-state index in [0.717, 1.165) is 15.7 Å². The van der Waals surface area contributed by atoms with Crippen LogP contribution in [-0.2, 0) is 29.1 Å². The van der Waals surface area contributed by atoms with E-state index in [1.165, 1.54) is 31.2 Å². The molecule has 1 fully saturated rings. The second kappa shape index (κ2) is 15.4. The van der Waals surface area contributed by atoms with Gasteiger partial charge in [0.15, 0.2) is 0 Å². The SMILES string of the molecule is CCOP(=O)(O)C(F)(F)c1ccc(/C=C/C(=O)N[C@H](C(=O)N2CCCC2C(=O)N(c2ccccc2)c2ccc(I)cc2)C(C)(C)C)cc1. The second-order valence-electron chi connectivity index (χ2n) is 12.4. The molecule has 3 aromatic carbocycles. The third kappa shape index (κ3) is 8.58. The molecule has 9 nitrogen and oxygen atoms in total. The highest BCUT2D eigenvalue weighted by atomic mass is 127. The van der Waals surface area contributed by atoms with Gasteiger partial charge in [-0.2, -0.15) is 8.78 Å². The fourth-order valence-electron chi connectivity index (χ4n) is 5.40. The Balaban J connectivity index is 1.52. The smallest absolute Gasteiger partial charge is 0.340 e. The molecule has 0 aromatic heterocycles. The van der Waals surface area contributed by atoms with Crippen LogP contribution < -0.4 is 10.2 Å². The zero-order valence-electron chi connectivity index (χ0n) is 27.1. The fourth-order valence-corrected chi connectivity index (χ4v) is 6.74. The lowest BCUT2D eigenvalue weighted by molar-refractivity contribution is -0.142. The van der Waals surface area contributed by atoms with Crippen LogP contribution in [0, 0.1) is 8.99 Å². The molecule has 1 saturated heterocycles. The molecule has 13 heteroatoms. The van der Waals surface area contributed by atoms with E-state index >= 15 is 0 Å². The number of para-hydroxylation sites is 1. The molecule has 2 unspecified atom stereocenters. The number of benzene rings is 3. The summed E-state index contributed by atoms with van der Waals surface area (Å²) >= 11 is 2.20. The minimum Gasteiger partial charge on any atom is -0.340 e. The van der Waals surface area contributed by atoms with Gasteiger partial charge in [0.1, 0.15) is 12.1 Å². The average Bonchev–Trinajstić information content (AvgIpc) is 3.54. The van der Waals surface area contributed by atoms with Crippen molar-refractivity contribution in [2.75, 3.05) is 18.1 Å². The Morgan fingerprint density at radius 1 is 1.04 bits per heavy atom. The highest BCUT2D eigenvalue weighted by Gasteiger charge is 2.52. The molecule has 0 radical (unpaired) electrons. The van der Waals surface area contributed by atoms with Gasteiger partial charge in [0.2, 0.25) is 11.8 Å². The number of amides is 3. The Kier molecular flexibility index (Phi) is 12.0. The lowest BCUT2D eigenvalue weighted by atomic mass is 9.85. The van der Waals surface area contributed by atoms with Crippen molar-refractivity contribution >= 4 is 65.4 Å². The van der Waals surface area contributed by atoms with Gasteiger partial charge in [-0.05, 0) is 95.8 Å². The third-order valence-corrected chi connectivity index (χ3v) is 10.2. The van der Waals surface area contributed by atoms with Crippen LogP contribution in [0.2, 0.25) is 0 Å². The zero-order valence-corrected chi connectivity index (χ0v) is 30.2. The van der Waals surface area contributed by atoms with Crippen LogP contribution in [0.3, 0.4) is 0 Å². The maximum absolute atomic E-state index is 14.6. The molecule has 48 heavy (non-hydrogen) atoms. The van der Waals surface area contributed by atoms with Crippen molar-refractivity contribution in [3.05, 3.63) is 99.6 Å². The standard InChI is InChI=1S/C35H39F2IN3O6P/c1-5-47-48(45,46)35(36,37)25-16-13-24(14-17-25)15-22-30(42)39-31(34(2,3)4)33(44)40-23-9-12-29(40)32(43)41(27-10-7-6-8-11-27)28-20-18-26(38)19-21-28/h6-8,10-11,13-22,29,31H,5,9,12,23H2,1-4H3,(H,39,42)(H,45,46)/b22-15+/t29?,31-/m1/s1. The van der Waals surface area contributed by atoms with Crippen molar-refractivity contribution in [3.63, 3.8) is 0 Å². The van der Waals surface area contributed by atoms with E-state index in [2.05, 4.69) is 32.4 Å². The van der Waals surface area contributed by atoms with Gasteiger partial charge in [-0.25, -0.2) is 0 Å². The molecular formula is C35H39F2IN3O6P. The van der Waals surface area contributed by atoms with Gasteiger partial charge in [-0.3, -0.25) is 23.8 Å². The number of hydrogen-bond acceptors (Lipinski definition) is 5. The number of carbonyl (C=O) groups is 3. The fraction of sp³-hybridized carbons (Fsp3) is 0.343. The van der Waals surface area contributed by atoms with Crippen LogP contribution >= 0.6 is 30.2 Å². The summed E-state index contributed by atoms with van der Waals surface area (Å²) in [5, 5.41) is 2.78. The summed E-state index contributed by atoms with van der Waals surface area (Å²) < 4.78 is 46.5. The number of nitrogens with one attached hydrogen (secondary N) is 1. The first-order valence-corrected chi connectivity index (χ1v) is 18.1. The molecule has 256 valence electrons. The van der Waals surface area contributed by atoms with E-state index in [-0.39, 0.29) is 18.4 Å². The molecule has 1 aliphatic heterocycles. The summed E-state index contributed by atoms with van der Waals surface area (Å²) in [6.45, 7) is 6.78. The van der Waals surface area contributed by atoms with E-state index < -0.39 is 42.2 Å². The summed E-state index contributed by atoms with van der Waals surface area (Å²) in [7, 11) is -5.24. The van der Waals surface area contributed by atoms with Gasteiger partial charge in [0.05, 0.1) is 6.61 Å². The second-order valence-corrected chi connectivity index (χ2v) is 15.5. The number of likely N-dealkylation sites (tertiary alicyclic amines) is 1. The van der Waals surface area contributed by atoms with Gasteiger partial charge in [0, 0.05) is 33.1 Å². The first-order valence-electron chi connectivity index (χ1n) is 15.5. The summed E-state index contributed by atoms with van der Waals surface area (Å²) in [4.78, 5) is 54.3. The average molecular weight is 794 g/mol. The largest absolute Gasteiger partial charge is 0.401 e. The number of hydrogen-bond donors (Lipinski definition) is 2. The molecular weight excluding hydrogens is 754 g/mol. The predicted octanol–water partition coefficient (Wildman–Crippen LogP) is 7.46. The maximum atomic E-state index is 14.6. The Morgan fingerprint density at radius 2 is 1.65 bits per heavy atom. The quantitative estimate of drug-likeness (QED) is 0.118. The van der Waals surface area contributed by atoms with Crippen LogP contribution in [0.1, 0.15) is 51.7 Å². The highest BCUT2D eigenvalue weighted by Crippen LogP contribution is 2.63. The van der Waals surface area contributed by atoms with Crippen molar-refractivity contribution in [3.8, 4) is 0 Å². The number of nitrogens with zero attached hydrogens (tertiary/aromatic N) is 2. The Morgan fingerprint density at radius 3 is 2.23 bits per heavy atom. The topological polar surface area (TPSA) is 116 Å². The van der Waals surface area contributed by atoms with Crippen molar-refractivity contribution in [1.29, 1.82) is 0 Å². The minimum absolute atomic E-state index is 0.250.